The zero-order valence-electron chi connectivity index (χ0n) is 70.0. The maximum Gasteiger partial charge on any atom is 0.392 e. The fourth-order valence-electron chi connectivity index (χ4n) is 10.4. The minimum Gasteiger partial charge on any atom is -0.171 e. The third-order valence-electron chi connectivity index (χ3n) is 18.8. The Labute approximate surface area is 584 Å². The van der Waals surface area contributed by atoms with Crippen LogP contribution < -0.4 is 0 Å². The van der Waals surface area contributed by atoms with E-state index in [2.05, 4.69) is 132 Å². The van der Waals surface area contributed by atoms with E-state index in [-0.39, 0.29) is 53.8 Å². The zero-order chi connectivity index (χ0) is 79.3. The fourth-order valence-corrected chi connectivity index (χ4v) is 10.4. The molecule has 0 aliphatic heterocycles. The highest BCUT2D eigenvalue weighted by Gasteiger charge is 2.48. The van der Waals surface area contributed by atoms with E-state index >= 15 is 0 Å². The highest BCUT2D eigenvalue weighted by atomic mass is 19.4. The summed E-state index contributed by atoms with van der Waals surface area (Å²) in [5.74, 6) is -0.110. The van der Waals surface area contributed by atoms with Gasteiger partial charge in [-0.2, -0.15) is 65.9 Å². The van der Waals surface area contributed by atoms with Crippen molar-refractivity contribution in [2.24, 2.45) is 111 Å². The number of hydrogen-bond acceptors (Lipinski definition) is 0. The minimum atomic E-state index is -3.99. The molecular formula is C80H161F15. The van der Waals surface area contributed by atoms with Gasteiger partial charge in [0.15, 0.2) is 0 Å². The molecule has 15 heteroatoms. The largest absolute Gasteiger partial charge is 0.392 e. The molecule has 4 fully saturated rings. The predicted molar refractivity (Wildman–Crippen MR) is 387 cm³/mol. The fraction of sp³-hybridized carbons (Fsp3) is 1.00. The van der Waals surface area contributed by atoms with Crippen LogP contribution in [0.4, 0.5) is 65.9 Å². The van der Waals surface area contributed by atoms with Gasteiger partial charge in [-0.15, -0.1) is 0 Å². The Hall–Kier alpha value is -1.05. The molecule has 4 saturated carbocycles. The summed E-state index contributed by atoms with van der Waals surface area (Å²) >= 11 is 0. The van der Waals surface area contributed by atoms with Gasteiger partial charge in [0.2, 0.25) is 0 Å². The van der Waals surface area contributed by atoms with Gasteiger partial charge in [-0.1, -0.05) is 318 Å². The van der Waals surface area contributed by atoms with Crippen molar-refractivity contribution in [3.05, 3.63) is 0 Å². The maximum atomic E-state index is 12.4. The van der Waals surface area contributed by atoms with Crippen LogP contribution in [0.15, 0.2) is 0 Å². The monoisotopic (exact) mass is 1410 g/mol. The van der Waals surface area contributed by atoms with Crippen molar-refractivity contribution in [2.75, 3.05) is 0 Å². The van der Waals surface area contributed by atoms with Crippen LogP contribution in [0.25, 0.3) is 0 Å². The Kier molecular flexibility index (Phi) is 62.4. The number of rotatable bonds is 9. The topological polar surface area (TPSA) is 0 Å². The van der Waals surface area contributed by atoms with Crippen LogP contribution in [-0.4, -0.2) is 30.9 Å². The molecule has 0 radical (unpaired) electrons. The van der Waals surface area contributed by atoms with E-state index in [4.69, 9.17) is 2.74 Å². The number of alkyl halides is 15. The third-order valence-corrected chi connectivity index (χ3v) is 18.8. The molecule has 0 N–H and O–H groups in total. The SMILES string of the molecule is CC1CC(C(F)(F)F)C[C@@H](C)C1.CC1CCC(C)C1C.CC1CCCC(C(F)(F)F)[C@@H]1C.CC1C[C@H](C)CC1C(F)(F)F.CCC(C)(C)C.CCC(C)C.CCC(C)C(F)(F)F.CCCC(C)(C)C.CCCC(C)C.CCCC(C)C(F)(F)F.CCCCC.[2H]C([2H])(C)C(C)(C)C. The normalized spacial score (nSPS) is 25.5. The summed E-state index contributed by atoms with van der Waals surface area (Å²) in [6.07, 6.45) is -0.354. The lowest BCUT2D eigenvalue weighted by atomic mass is 9.73. The van der Waals surface area contributed by atoms with E-state index in [1.54, 1.807) is 27.7 Å². The second-order valence-corrected chi connectivity index (χ2v) is 33.3. The average molecular weight is 1410 g/mol. The number of halogens is 15. The van der Waals surface area contributed by atoms with Crippen molar-refractivity contribution >= 4 is 0 Å². The van der Waals surface area contributed by atoms with Gasteiger partial charge in [-0.25, -0.2) is 0 Å². The van der Waals surface area contributed by atoms with E-state index in [1.807, 2.05) is 48.5 Å². The summed E-state index contributed by atoms with van der Waals surface area (Å²) < 4.78 is 194. The van der Waals surface area contributed by atoms with Crippen LogP contribution in [0.5, 0.6) is 0 Å². The van der Waals surface area contributed by atoms with Crippen LogP contribution in [0.2, 0.25) is 0 Å². The van der Waals surface area contributed by atoms with Gasteiger partial charge in [0.25, 0.3) is 0 Å². The molecule has 4 aliphatic rings. The quantitative estimate of drug-likeness (QED) is 0.202. The van der Waals surface area contributed by atoms with Crippen LogP contribution in [0, 0.1) is 111 Å². The zero-order valence-corrected chi connectivity index (χ0v) is 68.0. The number of hydrogen-bond donors (Lipinski definition) is 0. The molecule has 586 valence electrons. The summed E-state index contributed by atoms with van der Waals surface area (Å²) in [5.41, 5.74) is 0.863. The van der Waals surface area contributed by atoms with E-state index in [9.17, 15) is 65.9 Å². The molecule has 0 spiro atoms. The van der Waals surface area contributed by atoms with Crippen molar-refractivity contribution < 1.29 is 68.6 Å². The lowest BCUT2D eigenvalue weighted by molar-refractivity contribution is -0.199. The van der Waals surface area contributed by atoms with Gasteiger partial charge in [0.05, 0.1) is 29.6 Å². The molecule has 13 atom stereocenters. The highest BCUT2D eigenvalue weighted by Crippen LogP contribution is 2.46. The number of unbranched alkanes of at least 4 members (excludes halogenated alkanes) is 2. The van der Waals surface area contributed by atoms with Crippen LogP contribution in [-0.2, 0) is 0 Å². The van der Waals surface area contributed by atoms with Gasteiger partial charge in [-0.3, -0.25) is 0 Å². The lowest BCUT2D eigenvalue weighted by Gasteiger charge is -2.35. The second kappa shape index (κ2) is 56.5. The van der Waals surface area contributed by atoms with Crippen LogP contribution >= 0.6 is 0 Å². The molecule has 0 aromatic carbocycles. The van der Waals surface area contributed by atoms with Crippen molar-refractivity contribution in [2.45, 2.75) is 407 Å². The summed E-state index contributed by atoms with van der Waals surface area (Å²) in [7, 11) is 0. The van der Waals surface area contributed by atoms with Gasteiger partial charge >= 0.3 is 30.9 Å². The Balaban J connectivity index is -0.000000150. The van der Waals surface area contributed by atoms with Crippen LogP contribution in [0.3, 0.4) is 0 Å². The molecule has 0 aromatic rings. The predicted octanol–water partition coefficient (Wildman–Crippen LogP) is 33.2. The maximum absolute atomic E-state index is 12.4. The van der Waals surface area contributed by atoms with E-state index < -0.39 is 66.8 Å². The van der Waals surface area contributed by atoms with Gasteiger partial charge in [-0.05, 0) is 139 Å². The standard InChI is InChI=1S/2C9H15F3.C8H13F3.C8H16.C7H16.C6H11F3.3C6H14.C5H9F3.2C5H12/c1-6-3-7(2)5-8(4-6)9(10,11)12;1-6-4-3-5-8(7(6)2)9(10,11)12;1-5-3-6(2)7(4-5)8(9,10)11;1-6-4-5-7(2)8(6)3;1-5-6-7(2,3)4;1-3-4-5(2)6(7,8)9;2*1-5-6(2,3)4;1-4-5-6(2)3;1-3-4(2)5(6,7)8;1-4-5(2)3;1-3-5-4-2/h2*6-8H,3-5H2,1-2H3;5-7H,3-4H2,1-2H3;6-8H,4-5H2,1-3H3;5-6H2,1-4H3;5H,3-4H2,1-2H3;2*5H2,1-4H3;6H,4-5H2,1-3H3;4H,3H2,1-2H3;5H,4H2,1-3H3;3-5H2,1-2H3/t6-,7?,8?;6?,7-,8?;5-,6?,7?;;;;;;;;;/m010........./s1/i;;;;;;5D2;;;;;. The Morgan fingerprint density at radius 1 is 0.358 bits per heavy atom. The molecule has 4 rings (SSSR count). The van der Waals surface area contributed by atoms with Crippen molar-refractivity contribution in [3.63, 3.8) is 0 Å². The smallest absolute Gasteiger partial charge is 0.171 e. The van der Waals surface area contributed by atoms with E-state index in [0.29, 0.717) is 42.9 Å². The first-order valence-electron chi connectivity index (χ1n) is 38.6. The average Bonchev–Trinajstić information content (AvgIpc) is 1.69. The Bertz CT molecular complexity index is 1670. The summed E-state index contributed by atoms with van der Waals surface area (Å²) in [5, 5.41) is 0. The molecule has 0 aromatic heterocycles. The lowest BCUT2D eigenvalue weighted by Crippen LogP contribution is -2.35. The molecule has 0 heterocycles. The van der Waals surface area contributed by atoms with Crippen LogP contribution in [0.1, 0.15) is 379 Å². The first-order chi connectivity index (χ1) is 43.2. The summed E-state index contributed by atoms with van der Waals surface area (Å²) in [6, 6.07) is 0. The molecule has 95 heavy (non-hydrogen) atoms. The van der Waals surface area contributed by atoms with Gasteiger partial charge < -0.3 is 0 Å². The molecular weight excluding hydrogens is 1250 g/mol. The van der Waals surface area contributed by atoms with Crippen molar-refractivity contribution in [3.8, 4) is 0 Å². The molecule has 0 amide bonds. The van der Waals surface area contributed by atoms with E-state index in [0.717, 1.165) is 55.3 Å². The minimum absolute atomic E-state index is 0.170. The first-order valence-corrected chi connectivity index (χ1v) is 37.6. The van der Waals surface area contributed by atoms with Crippen molar-refractivity contribution in [1.29, 1.82) is 0 Å². The van der Waals surface area contributed by atoms with Gasteiger partial charge in [0, 0.05) is 2.74 Å². The molecule has 0 bridgehead atoms. The molecule has 4 aliphatic carbocycles. The summed E-state index contributed by atoms with van der Waals surface area (Å²) in [6.45, 7) is 66.9. The molecule has 0 saturated heterocycles. The molecule has 0 nitrogen and oxygen atoms in total. The second-order valence-electron chi connectivity index (χ2n) is 33.3. The Morgan fingerprint density at radius 3 is 0.853 bits per heavy atom. The summed E-state index contributed by atoms with van der Waals surface area (Å²) in [4.78, 5) is 0. The van der Waals surface area contributed by atoms with Crippen molar-refractivity contribution in [1.82, 2.24) is 0 Å². The first kappa shape index (κ1) is 105. The van der Waals surface area contributed by atoms with Gasteiger partial charge in [0.1, 0.15) is 0 Å². The Morgan fingerprint density at radius 2 is 0.716 bits per heavy atom. The highest BCUT2D eigenvalue weighted by molar-refractivity contribution is 4.84. The third kappa shape index (κ3) is 74.0. The molecule has 10 unspecified atom stereocenters. The van der Waals surface area contributed by atoms with E-state index in [1.165, 1.54) is 91.4 Å².